The van der Waals surface area contributed by atoms with Gasteiger partial charge < -0.3 is 35.0 Å². The fourth-order valence-electron chi connectivity index (χ4n) is 5.58. The molecule has 236 valence electrons. The minimum atomic E-state index is -0.653. The molecule has 3 heterocycles. The third-order valence-corrected chi connectivity index (χ3v) is 8.04. The molecule has 1 saturated heterocycles. The van der Waals surface area contributed by atoms with Crippen LogP contribution in [0.4, 0.5) is 9.59 Å². The number of aldehydes is 1. The maximum absolute atomic E-state index is 13.2. The third kappa shape index (κ3) is 8.90. The van der Waals surface area contributed by atoms with Gasteiger partial charge in [0.2, 0.25) is 0 Å². The van der Waals surface area contributed by atoms with Crippen LogP contribution < -0.4 is 10.6 Å². The van der Waals surface area contributed by atoms with Gasteiger partial charge in [0.15, 0.2) is 0 Å². The van der Waals surface area contributed by atoms with Crippen molar-refractivity contribution in [3.63, 3.8) is 0 Å². The van der Waals surface area contributed by atoms with E-state index in [1.165, 1.54) is 0 Å². The number of nitrogens with one attached hydrogen (secondary N) is 3. The van der Waals surface area contributed by atoms with Crippen molar-refractivity contribution in [1.29, 1.82) is 0 Å². The van der Waals surface area contributed by atoms with Gasteiger partial charge in [0.1, 0.15) is 6.29 Å². The number of H-pyrrole nitrogens is 1. The van der Waals surface area contributed by atoms with E-state index in [-0.39, 0.29) is 18.1 Å². The van der Waals surface area contributed by atoms with Crippen LogP contribution in [0, 0.1) is 0 Å². The van der Waals surface area contributed by atoms with Gasteiger partial charge in [-0.1, -0.05) is 32.1 Å². The molecule has 3 N–H and O–H groups in total. The van der Waals surface area contributed by atoms with Crippen molar-refractivity contribution in [1.82, 2.24) is 40.4 Å². The molecule has 0 unspecified atom stereocenters. The molecular weight excluding hydrogens is 544 g/mol. The Bertz CT molecular complexity index is 1290. The minimum absolute atomic E-state index is 0.0583. The van der Waals surface area contributed by atoms with Crippen molar-refractivity contribution < 1.29 is 14.4 Å². The molecule has 2 aromatic rings. The lowest BCUT2D eigenvalue weighted by Crippen LogP contribution is -2.55. The summed E-state index contributed by atoms with van der Waals surface area (Å²) in [5.41, 5.74) is 5.06. The summed E-state index contributed by atoms with van der Waals surface area (Å²) in [6, 6.07) is 3.07. The molecule has 1 aromatic carbocycles. The summed E-state index contributed by atoms with van der Waals surface area (Å²) >= 11 is 0. The van der Waals surface area contributed by atoms with Gasteiger partial charge in [-0.25, -0.2) is 9.59 Å². The first-order chi connectivity index (χ1) is 20.7. The van der Waals surface area contributed by atoms with Gasteiger partial charge in [-0.3, -0.25) is 5.10 Å². The van der Waals surface area contributed by atoms with Crippen molar-refractivity contribution in [2.45, 2.75) is 65.6 Å². The number of carbonyl (C=O) groups is 3. The van der Waals surface area contributed by atoms with Crippen LogP contribution in [-0.2, 0) is 17.8 Å². The number of allylic oxidation sites excluding steroid dienone is 2. The quantitative estimate of drug-likeness (QED) is 0.342. The smallest absolute Gasteiger partial charge is 0.322 e. The van der Waals surface area contributed by atoms with Gasteiger partial charge in [0, 0.05) is 56.4 Å². The average Bonchev–Trinajstić information content (AvgIpc) is 3.49. The van der Waals surface area contributed by atoms with Crippen molar-refractivity contribution in [3.8, 4) is 0 Å². The van der Waals surface area contributed by atoms with Gasteiger partial charge in [-0.2, -0.15) is 5.10 Å². The van der Waals surface area contributed by atoms with E-state index < -0.39 is 6.04 Å². The summed E-state index contributed by atoms with van der Waals surface area (Å²) in [5.74, 6) is 0. The largest absolute Gasteiger partial charge is 0.328 e. The Labute approximate surface area is 256 Å². The van der Waals surface area contributed by atoms with Gasteiger partial charge in [0.25, 0.3) is 0 Å². The number of piperidine rings is 1. The Hall–Kier alpha value is -3.70. The summed E-state index contributed by atoms with van der Waals surface area (Å²) in [5, 5.41) is 14.2. The molecule has 2 aliphatic heterocycles. The highest BCUT2D eigenvalue weighted by molar-refractivity contribution is 5.84. The highest BCUT2D eigenvalue weighted by Crippen LogP contribution is 2.25. The first kappa shape index (κ1) is 33.8. The van der Waals surface area contributed by atoms with Crippen LogP contribution in [0.5, 0.6) is 0 Å². The first-order valence-electron chi connectivity index (χ1n) is 15.4. The zero-order valence-electron chi connectivity index (χ0n) is 26.9. The normalized spacial score (nSPS) is 17.0. The number of fused-ring (bicyclic) bond motifs is 1. The molecule has 0 spiro atoms. The standard InChI is InChI=1S/C30H44N8O3.C2H6/c1-6-7-23-18-38(30(41)32-21(23)2)25-10-12-37(13-11-25)29(40)33-24(20-39)16-22-8-9-28-26(17-31-34-28)27(22)19-36(5)15-14-35(3)4;1-2/h6-9,17,20,24-25H,10-16,18-19H2,1-5H3,(H,31,34)(H,32,41)(H,33,40);1-2H3/b7-6-;/t24-;/m1./s1. The van der Waals surface area contributed by atoms with E-state index in [1.54, 1.807) is 4.90 Å². The summed E-state index contributed by atoms with van der Waals surface area (Å²) in [6.07, 6.45) is 8.43. The number of nitrogens with zero attached hydrogens (tertiary/aromatic N) is 5. The van der Waals surface area contributed by atoms with E-state index in [4.69, 9.17) is 0 Å². The average molecular weight is 595 g/mol. The maximum atomic E-state index is 13.2. The Balaban J connectivity index is 0.00000248. The summed E-state index contributed by atoms with van der Waals surface area (Å²) in [4.78, 5) is 46.0. The van der Waals surface area contributed by atoms with Crippen LogP contribution in [0.15, 0.2) is 41.8 Å². The zero-order valence-corrected chi connectivity index (χ0v) is 26.9. The lowest BCUT2D eigenvalue weighted by Gasteiger charge is -2.40. The SMILES string of the molecule is C/C=C\C1=C(C)NC(=O)N(C2CCN(C(=O)N[C@@H](C=O)Cc3ccc4[nH]ncc4c3CN(C)CCN(C)C)CC2)C1.CC. The molecule has 11 heteroatoms. The summed E-state index contributed by atoms with van der Waals surface area (Å²) < 4.78 is 0. The Morgan fingerprint density at radius 2 is 1.91 bits per heavy atom. The second-order valence-corrected chi connectivity index (χ2v) is 11.4. The van der Waals surface area contributed by atoms with Crippen LogP contribution >= 0.6 is 0 Å². The van der Waals surface area contributed by atoms with E-state index in [9.17, 15) is 14.4 Å². The predicted molar refractivity (Wildman–Crippen MR) is 172 cm³/mol. The number of carbonyl (C=O) groups excluding carboxylic acids is 3. The number of aromatic amines is 1. The molecule has 43 heavy (non-hydrogen) atoms. The third-order valence-electron chi connectivity index (χ3n) is 8.04. The van der Waals surface area contributed by atoms with E-state index in [2.05, 4.69) is 51.8 Å². The second-order valence-electron chi connectivity index (χ2n) is 11.4. The number of likely N-dealkylation sites (tertiary alicyclic amines) is 1. The molecule has 0 radical (unpaired) electrons. The van der Waals surface area contributed by atoms with Crippen molar-refractivity contribution in [2.75, 3.05) is 53.9 Å². The molecule has 4 rings (SSSR count). The Kier molecular flexibility index (Phi) is 12.8. The number of aromatic nitrogens is 2. The predicted octanol–water partition coefficient (Wildman–Crippen LogP) is 3.74. The lowest BCUT2D eigenvalue weighted by molar-refractivity contribution is -0.109. The lowest BCUT2D eigenvalue weighted by atomic mass is 9.97. The van der Waals surface area contributed by atoms with Crippen molar-refractivity contribution in [3.05, 3.63) is 52.9 Å². The maximum Gasteiger partial charge on any atom is 0.322 e. The summed E-state index contributed by atoms with van der Waals surface area (Å²) in [7, 11) is 6.19. The van der Waals surface area contributed by atoms with Gasteiger partial charge in [-0.05, 0) is 77.0 Å². The zero-order chi connectivity index (χ0) is 31.5. The number of hydrogen-bond donors (Lipinski definition) is 3. The first-order valence-corrected chi connectivity index (χ1v) is 15.4. The number of likely N-dealkylation sites (N-methyl/N-ethyl adjacent to an activating group) is 2. The van der Waals surface area contributed by atoms with Crippen molar-refractivity contribution >= 4 is 29.3 Å². The van der Waals surface area contributed by atoms with Crippen LogP contribution in [0.1, 0.15) is 51.7 Å². The number of amides is 4. The second kappa shape index (κ2) is 16.2. The van der Waals surface area contributed by atoms with Gasteiger partial charge in [-0.15, -0.1) is 0 Å². The molecule has 0 bridgehead atoms. The number of rotatable bonds is 11. The summed E-state index contributed by atoms with van der Waals surface area (Å²) in [6.45, 7) is 12.0. The molecule has 1 atom stereocenters. The van der Waals surface area contributed by atoms with Gasteiger partial charge >= 0.3 is 12.1 Å². The van der Waals surface area contributed by atoms with E-state index in [0.29, 0.717) is 45.4 Å². The number of urea groups is 2. The fraction of sp³-hybridized carbons (Fsp3) is 0.562. The van der Waals surface area contributed by atoms with Crippen LogP contribution in [0.25, 0.3) is 10.9 Å². The van der Waals surface area contributed by atoms with E-state index in [1.807, 2.05) is 63.1 Å². The molecule has 0 saturated carbocycles. The molecule has 11 nitrogen and oxygen atoms in total. The van der Waals surface area contributed by atoms with Crippen LogP contribution in [0.3, 0.4) is 0 Å². The Morgan fingerprint density at radius 1 is 1.19 bits per heavy atom. The highest BCUT2D eigenvalue weighted by Gasteiger charge is 2.33. The molecule has 2 aliphatic rings. The molecule has 1 fully saturated rings. The molecule has 4 amide bonds. The van der Waals surface area contributed by atoms with Crippen molar-refractivity contribution in [2.24, 2.45) is 0 Å². The fourth-order valence-corrected chi connectivity index (χ4v) is 5.58. The van der Waals surface area contributed by atoms with Crippen LogP contribution in [0.2, 0.25) is 0 Å². The molecular formula is C32H50N8O3. The molecule has 1 aromatic heterocycles. The number of hydrogen-bond acceptors (Lipinski definition) is 6. The number of benzene rings is 1. The monoisotopic (exact) mass is 594 g/mol. The topological polar surface area (TPSA) is 117 Å². The Morgan fingerprint density at radius 3 is 2.56 bits per heavy atom. The molecule has 0 aliphatic carbocycles. The van der Waals surface area contributed by atoms with Gasteiger partial charge in [0.05, 0.1) is 17.8 Å². The highest BCUT2D eigenvalue weighted by atomic mass is 16.2. The van der Waals surface area contributed by atoms with Crippen LogP contribution in [-0.4, -0.2) is 114 Å². The minimum Gasteiger partial charge on any atom is -0.328 e. The van der Waals surface area contributed by atoms with E-state index >= 15 is 0 Å². The van der Waals surface area contributed by atoms with E-state index in [0.717, 1.165) is 52.7 Å².